The highest BCUT2D eigenvalue weighted by atomic mass is 32.1. The van der Waals surface area contributed by atoms with Gasteiger partial charge in [-0.25, -0.2) is 0 Å². The van der Waals surface area contributed by atoms with Crippen molar-refractivity contribution >= 4 is 17.2 Å². The fourth-order valence-corrected chi connectivity index (χ4v) is 2.31. The Labute approximate surface area is 104 Å². The average Bonchev–Trinajstić information content (AvgIpc) is 2.99. The molecule has 0 aliphatic heterocycles. The summed E-state index contributed by atoms with van der Waals surface area (Å²) in [6.45, 7) is 2.64. The molecule has 0 saturated carbocycles. The number of nitrogens with one attached hydrogen (secondary N) is 1. The van der Waals surface area contributed by atoms with Crippen molar-refractivity contribution in [1.29, 1.82) is 0 Å². The van der Waals surface area contributed by atoms with E-state index in [1.165, 1.54) is 4.88 Å². The molecule has 2 aromatic heterocycles. The molecule has 0 aromatic carbocycles. The van der Waals surface area contributed by atoms with Gasteiger partial charge in [0.05, 0.1) is 11.1 Å². The summed E-state index contributed by atoms with van der Waals surface area (Å²) in [7, 11) is 0. The molecule has 0 atom stereocenters. The second-order valence-electron chi connectivity index (χ2n) is 3.60. The summed E-state index contributed by atoms with van der Waals surface area (Å²) in [6, 6.07) is 5.66. The fraction of sp³-hybridized carbons (Fsp3) is 0.333. The summed E-state index contributed by atoms with van der Waals surface area (Å²) in [5, 5.41) is 6.47. The van der Waals surface area contributed by atoms with Crippen molar-refractivity contribution in [3.63, 3.8) is 0 Å². The van der Waals surface area contributed by atoms with Gasteiger partial charge in [0.2, 0.25) is 0 Å². The van der Waals surface area contributed by atoms with E-state index in [0.717, 1.165) is 17.1 Å². The molecular formula is C12H14N2O2S. The number of aromatic nitrogens is 1. The normalized spacial score (nSPS) is 10.4. The van der Waals surface area contributed by atoms with Gasteiger partial charge in [0, 0.05) is 23.9 Å². The van der Waals surface area contributed by atoms with Crippen LogP contribution in [0.1, 0.15) is 27.2 Å². The number of carbonyl (C=O) groups is 1. The summed E-state index contributed by atoms with van der Waals surface area (Å²) in [4.78, 5) is 13.7. The SMILES string of the molecule is CCc1ccc(C(=O)NCCc2ccno2)s1. The molecule has 1 N–H and O–H groups in total. The zero-order valence-corrected chi connectivity index (χ0v) is 10.4. The van der Waals surface area contributed by atoms with Gasteiger partial charge in [0.25, 0.3) is 5.91 Å². The first-order chi connectivity index (χ1) is 8.29. The summed E-state index contributed by atoms with van der Waals surface area (Å²) >= 11 is 1.54. The highest BCUT2D eigenvalue weighted by molar-refractivity contribution is 7.14. The van der Waals surface area contributed by atoms with Crippen molar-refractivity contribution in [2.45, 2.75) is 19.8 Å². The molecule has 0 fully saturated rings. The van der Waals surface area contributed by atoms with Gasteiger partial charge < -0.3 is 9.84 Å². The smallest absolute Gasteiger partial charge is 0.261 e. The molecule has 0 bridgehead atoms. The van der Waals surface area contributed by atoms with E-state index in [0.29, 0.717) is 13.0 Å². The Morgan fingerprint density at radius 3 is 3.00 bits per heavy atom. The molecule has 2 aromatic rings. The lowest BCUT2D eigenvalue weighted by atomic mass is 10.3. The number of hydrogen-bond donors (Lipinski definition) is 1. The lowest BCUT2D eigenvalue weighted by molar-refractivity contribution is 0.0957. The molecule has 1 amide bonds. The number of aryl methyl sites for hydroxylation is 1. The van der Waals surface area contributed by atoms with Crippen LogP contribution in [0.5, 0.6) is 0 Å². The first-order valence-corrected chi connectivity index (χ1v) is 6.37. The van der Waals surface area contributed by atoms with E-state index in [1.54, 1.807) is 23.6 Å². The Morgan fingerprint density at radius 1 is 1.47 bits per heavy atom. The molecule has 0 spiro atoms. The van der Waals surface area contributed by atoms with E-state index in [4.69, 9.17) is 4.52 Å². The predicted molar refractivity (Wildman–Crippen MR) is 66.2 cm³/mol. The average molecular weight is 250 g/mol. The maximum atomic E-state index is 11.8. The number of nitrogens with zero attached hydrogens (tertiary/aromatic N) is 1. The third kappa shape index (κ3) is 3.17. The minimum Gasteiger partial charge on any atom is -0.361 e. The molecule has 0 aliphatic rings. The van der Waals surface area contributed by atoms with Crippen LogP contribution >= 0.6 is 11.3 Å². The van der Waals surface area contributed by atoms with Crippen LogP contribution in [-0.2, 0) is 12.8 Å². The molecule has 0 unspecified atom stereocenters. The summed E-state index contributed by atoms with van der Waals surface area (Å²) in [5.74, 6) is 0.764. The zero-order chi connectivity index (χ0) is 12.1. The summed E-state index contributed by atoms with van der Waals surface area (Å²) < 4.78 is 4.94. The van der Waals surface area contributed by atoms with Crippen molar-refractivity contribution in [1.82, 2.24) is 10.5 Å². The van der Waals surface area contributed by atoms with E-state index in [-0.39, 0.29) is 5.91 Å². The molecule has 0 saturated heterocycles. The van der Waals surface area contributed by atoms with Gasteiger partial charge in [0.15, 0.2) is 0 Å². The highest BCUT2D eigenvalue weighted by Gasteiger charge is 2.08. The Kier molecular flexibility index (Phi) is 3.93. The quantitative estimate of drug-likeness (QED) is 0.885. The molecule has 0 radical (unpaired) electrons. The van der Waals surface area contributed by atoms with Crippen LogP contribution in [-0.4, -0.2) is 17.6 Å². The molecular weight excluding hydrogens is 236 g/mol. The second kappa shape index (κ2) is 5.63. The maximum Gasteiger partial charge on any atom is 0.261 e. The van der Waals surface area contributed by atoms with Crippen LogP contribution in [0.4, 0.5) is 0 Å². The minimum atomic E-state index is -0.0192. The Hall–Kier alpha value is -1.62. The van der Waals surface area contributed by atoms with Gasteiger partial charge in [0.1, 0.15) is 5.76 Å². The van der Waals surface area contributed by atoms with Crippen LogP contribution in [0.25, 0.3) is 0 Å². The molecule has 5 heteroatoms. The Bertz CT molecular complexity index is 476. The molecule has 90 valence electrons. The van der Waals surface area contributed by atoms with E-state index in [2.05, 4.69) is 17.4 Å². The lowest BCUT2D eigenvalue weighted by Crippen LogP contribution is -2.24. The van der Waals surface area contributed by atoms with Gasteiger partial charge in [-0.15, -0.1) is 11.3 Å². The van der Waals surface area contributed by atoms with E-state index in [9.17, 15) is 4.79 Å². The second-order valence-corrected chi connectivity index (χ2v) is 4.77. The van der Waals surface area contributed by atoms with Gasteiger partial charge >= 0.3 is 0 Å². The van der Waals surface area contributed by atoms with Gasteiger partial charge in [-0.2, -0.15) is 0 Å². The van der Waals surface area contributed by atoms with Crippen molar-refractivity contribution in [2.24, 2.45) is 0 Å². The number of rotatable bonds is 5. The number of amides is 1. The standard InChI is InChI=1S/C12H14N2O2S/c1-2-10-3-4-11(17-10)12(15)13-7-5-9-6-8-14-16-9/h3-4,6,8H,2,5,7H2,1H3,(H,13,15). The Morgan fingerprint density at radius 2 is 2.35 bits per heavy atom. The van der Waals surface area contributed by atoms with Crippen LogP contribution < -0.4 is 5.32 Å². The van der Waals surface area contributed by atoms with Crippen LogP contribution in [0.3, 0.4) is 0 Å². The van der Waals surface area contributed by atoms with Crippen molar-refractivity contribution in [3.05, 3.63) is 39.9 Å². The Balaban J connectivity index is 1.81. The van der Waals surface area contributed by atoms with Gasteiger partial charge in [-0.1, -0.05) is 12.1 Å². The number of carbonyl (C=O) groups excluding carboxylic acids is 1. The topological polar surface area (TPSA) is 55.1 Å². The van der Waals surface area contributed by atoms with E-state index >= 15 is 0 Å². The van der Waals surface area contributed by atoms with Crippen LogP contribution in [0.15, 0.2) is 28.9 Å². The molecule has 4 nitrogen and oxygen atoms in total. The largest absolute Gasteiger partial charge is 0.361 e. The van der Waals surface area contributed by atoms with Crippen molar-refractivity contribution in [3.8, 4) is 0 Å². The summed E-state index contributed by atoms with van der Waals surface area (Å²) in [5.41, 5.74) is 0. The lowest BCUT2D eigenvalue weighted by Gasteiger charge is -2.00. The third-order valence-electron chi connectivity index (χ3n) is 2.38. The van der Waals surface area contributed by atoms with E-state index < -0.39 is 0 Å². The molecule has 2 heterocycles. The third-order valence-corrected chi connectivity index (χ3v) is 3.61. The highest BCUT2D eigenvalue weighted by Crippen LogP contribution is 2.16. The minimum absolute atomic E-state index is 0.0192. The van der Waals surface area contributed by atoms with Crippen molar-refractivity contribution < 1.29 is 9.32 Å². The number of thiophene rings is 1. The maximum absolute atomic E-state index is 11.8. The first kappa shape index (κ1) is 11.9. The summed E-state index contributed by atoms with van der Waals surface area (Å²) in [6.07, 6.45) is 3.23. The molecule has 17 heavy (non-hydrogen) atoms. The van der Waals surface area contributed by atoms with E-state index in [1.807, 2.05) is 12.1 Å². The van der Waals surface area contributed by atoms with Crippen molar-refractivity contribution in [2.75, 3.05) is 6.54 Å². The monoisotopic (exact) mass is 250 g/mol. The van der Waals surface area contributed by atoms with Crippen LogP contribution in [0, 0.1) is 0 Å². The van der Waals surface area contributed by atoms with Gasteiger partial charge in [-0.05, 0) is 18.6 Å². The molecule has 2 rings (SSSR count). The predicted octanol–water partition coefficient (Wildman–Crippen LogP) is 2.27. The van der Waals surface area contributed by atoms with Gasteiger partial charge in [-0.3, -0.25) is 4.79 Å². The zero-order valence-electron chi connectivity index (χ0n) is 9.60. The molecule has 0 aliphatic carbocycles. The number of hydrogen-bond acceptors (Lipinski definition) is 4. The van der Waals surface area contributed by atoms with Crippen LogP contribution in [0.2, 0.25) is 0 Å². The first-order valence-electron chi connectivity index (χ1n) is 5.56. The fourth-order valence-electron chi connectivity index (χ4n) is 1.45.